The van der Waals surface area contributed by atoms with Crippen molar-refractivity contribution in [3.05, 3.63) is 23.8 Å². The highest BCUT2D eigenvalue weighted by Crippen LogP contribution is 2.39. The first-order valence-electron chi connectivity index (χ1n) is 11.8. The summed E-state index contributed by atoms with van der Waals surface area (Å²) in [5.74, 6) is 0.243. The number of hydrogen-bond acceptors (Lipinski definition) is 6. The lowest BCUT2D eigenvalue weighted by Crippen LogP contribution is -2.51. The fraction of sp³-hybridized carbons (Fsp3) is 0.625. The highest BCUT2D eigenvalue weighted by molar-refractivity contribution is 6.02. The lowest BCUT2D eigenvalue weighted by molar-refractivity contribution is -0.132. The van der Waals surface area contributed by atoms with Gasteiger partial charge in [0.2, 0.25) is 11.8 Å². The van der Waals surface area contributed by atoms with Crippen molar-refractivity contribution in [2.75, 3.05) is 43.0 Å². The van der Waals surface area contributed by atoms with Crippen LogP contribution in [0.15, 0.2) is 18.2 Å². The SMILES string of the molecule is CC(=O)N1c2ccc(C3CNN(CC(=O)N(C)C4CC4)C3)cc2N(C(=O)OC(C)C)C[C@@H]1C. The van der Waals surface area contributed by atoms with Gasteiger partial charge >= 0.3 is 6.09 Å². The lowest BCUT2D eigenvalue weighted by atomic mass is 9.97. The lowest BCUT2D eigenvalue weighted by Gasteiger charge is -2.40. The Bertz CT molecular complexity index is 931. The maximum atomic E-state index is 12.9. The molecule has 9 nitrogen and oxygen atoms in total. The molecule has 1 aromatic carbocycles. The van der Waals surface area contributed by atoms with Gasteiger partial charge < -0.3 is 14.5 Å². The smallest absolute Gasteiger partial charge is 0.414 e. The fourth-order valence-corrected chi connectivity index (χ4v) is 4.73. The second kappa shape index (κ2) is 9.30. The van der Waals surface area contributed by atoms with Gasteiger partial charge in [-0.25, -0.2) is 9.80 Å². The van der Waals surface area contributed by atoms with Gasteiger partial charge in [0.15, 0.2) is 0 Å². The molecule has 3 amide bonds. The van der Waals surface area contributed by atoms with E-state index in [-0.39, 0.29) is 29.9 Å². The molecule has 0 aromatic heterocycles. The molecule has 180 valence electrons. The Kier molecular flexibility index (Phi) is 6.63. The van der Waals surface area contributed by atoms with E-state index >= 15 is 0 Å². The van der Waals surface area contributed by atoms with E-state index in [0.29, 0.717) is 37.9 Å². The number of ether oxygens (including phenoxy) is 1. The van der Waals surface area contributed by atoms with Crippen LogP contribution in [0.2, 0.25) is 0 Å². The standard InChI is InChI=1S/C24H35N5O4/c1-15(2)33-24(32)28-12-16(3)29(17(4)30)21-9-6-18(10-22(21)28)19-11-25-27(13-19)14-23(31)26(5)20-7-8-20/h6,9-10,15-16,19-20,25H,7-8,11-14H2,1-5H3/t16-,19?/m0/s1. The first-order chi connectivity index (χ1) is 15.7. The molecule has 2 atom stereocenters. The van der Waals surface area contributed by atoms with Gasteiger partial charge in [0.05, 0.1) is 30.1 Å². The highest BCUT2D eigenvalue weighted by Gasteiger charge is 2.36. The summed E-state index contributed by atoms with van der Waals surface area (Å²) in [4.78, 5) is 42.9. The molecule has 0 radical (unpaired) electrons. The average molecular weight is 458 g/mol. The van der Waals surface area contributed by atoms with Gasteiger partial charge in [-0.05, 0) is 51.3 Å². The Hall–Kier alpha value is -2.65. The molecule has 9 heteroatoms. The van der Waals surface area contributed by atoms with Crippen molar-refractivity contribution in [2.45, 2.75) is 64.6 Å². The number of hydrazine groups is 1. The van der Waals surface area contributed by atoms with Gasteiger partial charge in [-0.15, -0.1) is 0 Å². The molecule has 1 saturated carbocycles. The third-order valence-corrected chi connectivity index (χ3v) is 6.62. The van der Waals surface area contributed by atoms with E-state index in [1.807, 2.05) is 55.9 Å². The Morgan fingerprint density at radius 3 is 2.55 bits per heavy atom. The van der Waals surface area contributed by atoms with E-state index in [0.717, 1.165) is 24.1 Å². The van der Waals surface area contributed by atoms with Crippen molar-refractivity contribution in [1.82, 2.24) is 15.3 Å². The third kappa shape index (κ3) is 4.99. The number of benzene rings is 1. The van der Waals surface area contributed by atoms with Crippen molar-refractivity contribution in [2.24, 2.45) is 0 Å². The molecule has 1 saturated heterocycles. The van der Waals surface area contributed by atoms with E-state index in [9.17, 15) is 14.4 Å². The number of nitrogens with one attached hydrogen (secondary N) is 1. The average Bonchev–Trinajstić information content (AvgIpc) is 3.50. The molecule has 33 heavy (non-hydrogen) atoms. The number of likely N-dealkylation sites (N-methyl/N-ethyl adjacent to an activating group) is 1. The molecule has 3 aliphatic rings. The number of fused-ring (bicyclic) bond motifs is 1. The predicted molar refractivity (Wildman–Crippen MR) is 126 cm³/mol. The molecular formula is C24H35N5O4. The van der Waals surface area contributed by atoms with Crippen LogP contribution in [0.5, 0.6) is 0 Å². The van der Waals surface area contributed by atoms with E-state index in [1.54, 1.807) is 16.7 Å². The van der Waals surface area contributed by atoms with Gasteiger partial charge in [0.1, 0.15) is 0 Å². The summed E-state index contributed by atoms with van der Waals surface area (Å²) in [7, 11) is 1.88. The third-order valence-electron chi connectivity index (χ3n) is 6.62. The summed E-state index contributed by atoms with van der Waals surface area (Å²) in [6, 6.07) is 6.18. The van der Waals surface area contributed by atoms with Crippen LogP contribution in [-0.4, -0.2) is 79.2 Å². The number of rotatable bonds is 5. The topological polar surface area (TPSA) is 85.4 Å². The van der Waals surface area contributed by atoms with Crippen LogP contribution in [0.3, 0.4) is 0 Å². The van der Waals surface area contributed by atoms with Gasteiger partial charge in [-0.2, -0.15) is 0 Å². The monoisotopic (exact) mass is 457 g/mol. The zero-order valence-corrected chi connectivity index (χ0v) is 20.2. The van der Waals surface area contributed by atoms with Crippen molar-refractivity contribution >= 4 is 29.3 Å². The first-order valence-corrected chi connectivity index (χ1v) is 11.8. The summed E-state index contributed by atoms with van der Waals surface area (Å²) < 4.78 is 5.48. The molecule has 1 aliphatic carbocycles. The van der Waals surface area contributed by atoms with E-state index in [4.69, 9.17) is 4.74 Å². The van der Waals surface area contributed by atoms with E-state index in [1.165, 1.54) is 0 Å². The van der Waals surface area contributed by atoms with E-state index < -0.39 is 6.09 Å². The fourth-order valence-electron chi connectivity index (χ4n) is 4.73. The molecular weight excluding hydrogens is 422 g/mol. The van der Waals surface area contributed by atoms with Crippen molar-refractivity contribution in [3.63, 3.8) is 0 Å². The largest absolute Gasteiger partial charge is 0.446 e. The highest BCUT2D eigenvalue weighted by atomic mass is 16.6. The van der Waals surface area contributed by atoms with E-state index in [2.05, 4.69) is 5.43 Å². The van der Waals surface area contributed by atoms with Crippen molar-refractivity contribution in [3.8, 4) is 0 Å². The van der Waals surface area contributed by atoms with Crippen LogP contribution in [0.1, 0.15) is 52.0 Å². The van der Waals surface area contributed by atoms with Gasteiger partial charge in [-0.3, -0.25) is 19.9 Å². The molecule has 2 fully saturated rings. The van der Waals surface area contributed by atoms with Crippen molar-refractivity contribution in [1.29, 1.82) is 0 Å². The maximum Gasteiger partial charge on any atom is 0.414 e. The van der Waals surface area contributed by atoms with Gasteiger partial charge in [0, 0.05) is 45.6 Å². The zero-order valence-electron chi connectivity index (χ0n) is 20.2. The number of amides is 3. The van der Waals surface area contributed by atoms with Crippen LogP contribution in [0.4, 0.5) is 16.2 Å². The molecule has 0 bridgehead atoms. The Morgan fingerprint density at radius 1 is 1.18 bits per heavy atom. The Labute approximate surface area is 195 Å². The normalized spacial score (nSPS) is 23.0. The predicted octanol–water partition coefficient (Wildman–Crippen LogP) is 2.32. The van der Waals surface area contributed by atoms with Gasteiger partial charge in [0.25, 0.3) is 0 Å². The molecule has 1 unspecified atom stereocenters. The molecule has 1 N–H and O–H groups in total. The summed E-state index contributed by atoms with van der Waals surface area (Å²) >= 11 is 0. The summed E-state index contributed by atoms with van der Waals surface area (Å²) in [5.41, 5.74) is 5.81. The molecule has 2 aliphatic heterocycles. The summed E-state index contributed by atoms with van der Waals surface area (Å²) in [5, 5.41) is 1.97. The van der Waals surface area contributed by atoms with Gasteiger partial charge in [-0.1, -0.05) is 6.07 Å². The van der Waals surface area contributed by atoms with Crippen LogP contribution in [0.25, 0.3) is 0 Å². The van der Waals surface area contributed by atoms with Crippen molar-refractivity contribution < 1.29 is 19.1 Å². The first kappa shape index (κ1) is 23.5. The number of hydrogen-bond donors (Lipinski definition) is 1. The summed E-state index contributed by atoms with van der Waals surface area (Å²) in [6.45, 7) is 9.26. The van der Waals surface area contributed by atoms with Crippen LogP contribution in [0, 0.1) is 0 Å². The molecule has 2 heterocycles. The molecule has 1 aromatic rings. The number of carbonyl (C=O) groups excluding carboxylic acids is 3. The minimum Gasteiger partial charge on any atom is -0.446 e. The number of carbonyl (C=O) groups is 3. The maximum absolute atomic E-state index is 12.9. The minimum absolute atomic E-state index is 0.0552. The zero-order chi connectivity index (χ0) is 23.9. The number of anilines is 2. The molecule has 0 spiro atoms. The van der Waals surface area contributed by atoms with Crippen LogP contribution in [-0.2, 0) is 14.3 Å². The molecule has 4 rings (SSSR count). The second-order valence-corrected chi connectivity index (χ2v) is 9.70. The number of nitrogens with zero attached hydrogens (tertiary/aromatic N) is 4. The Morgan fingerprint density at radius 2 is 1.91 bits per heavy atom. The van der Waals surface area contributed by atoms with Crippen LogP contribution >= 0.6 is 0 Å². The quantitative estimate of drug-likeness (QED) is 0.731. The summed E-state index contributed by atoms with van der Waals surface area (Å²) in [6.07, 6.45) is 1.56. The second-order valence-electron chi connectivity index (χ2n) is 9.70. The Balaban J connectivity index is 1.54. The van der Waals surface area contributed by atoms with Crippen LogP contribution < -0.4 is 15.2 Å². The minimum atomic E-state index is -0.404.